The number of benzene rings is 2. The minimum absolute atomic E-state index is 0.746. The van der Waals surface area contributed by atoms with Gasteiger partial charge in [-0.15, -0.1) is 0 Å². The standard InChI is InChI=1S/C12H6ClIO/c13-7-3-1-5-9-11(7)12-8(14)4-2-6-10(12)15-9/h1-6H. The van der Waals surface area contributed by atoms with E-state index in [2.05, 4.69) is 28.7 Å². The lowest BCUT2D eigenvalue weighted by Gasteiger charge is -1.94. The molecule has 0 saturated heterocycles. The van der Waals surface area contributed by atoms with Gasteiger partial charge in [-0.1, -0.05) is 23.7 Å². The lowest BCUT2D eigenvalue weighted by Crippen LogP contribution is -1.73. The number of hydrogen-bond acceptors (Lipinski definition) is 1. The molecule has 1 aromatic heterocycles. The summed E-state index contributed by atoms with van der Waals surface area (Å²) >= 11 is 8.49. The van der Waals surface area contributed by atoms with Crippen LogP contribution in [0, 0.1) is 3.57 Å². The molecule has 0 bridgehead atoms. The molecule has 3 heteroatoms. The molecule has 0 aliphatic rings. The average molecular weight is 329 g/mol. The molecule has 0 N–H and O–H groups in total. The van der Waals surface area contributed by atoms with Gasteiger partial charge >= 0.3 is 0 Å². The van der Waals surface area contributed by atoms with Crippen molar-refractivity contribution in [2.45, 2.75) is 0 Å². The first-order valence-electron chi connectivity index (χ1n) is 4.52. The average Bonchev–Trinajstić information content (AvgIpc) is 2.58. The lowest BCUT2D eigenvalue weighted by molar-refractivity contribution is 0.669. The topological polar surface area (TPSA) is 13.1 Å². The summed E-state index contributed by atoms with van der Waals surface area (Å²) in [4.78, 5) is 0. The van der Waals surface area contributed by atoms with Gasteiger partial charge in [0.15, 0.2) is 0 Å². The first-order chi connectivity index (χ1) is 7.27. The smallest absolute Gasteiger partial charge is 0.136 e. The van der Waals surface area contributed by atoms with Crippen LogP contribution in [0.1, 0.15) is 0 Å². The quantitative estimate of drug-likeness (QED) is 0.538. The van der Waals surface area contributed by atoms with Crippen LogP contribution in [0.25, 0.3) is 21.9 Å². The summed E-state index contributed by atoms with van der Waals surface area (Å²) in [7, 11) is 0. The normalized spacial score (nSPS) is 11.3. The molecule has 0 radical (unpaired) electrons. The van der Waals surface area contributed by atoms with Crippen LogP contribution in [0.3, 0.4) is 0 Å². The van der Waals surface area contributed by atoms with E-state index in [9.17, 15) is 0 Å². The summed E-state index contributed by atoms with van der Waals surface area (Å²) in [5.74, 6) is 0. The first kappa shape index (κ1) is 9.48. The van der Waals surface area contributed by atoms with Crippen molar-refractivity contribution in [1.82, 2.24) is 0 Å². The van der Waals surface area contributed by atoms with E-state index < -0.39 is 0 Å². The number of furan rings is 1. The van der Waals surface area contributed by atoms with E-state index in [1.807, 2.05) is 30.3 Å². The Morgan fingerprint density at radius 3 is 2.40 bits per heavy atom. The van der Waals surface area contributed by atoms with Crippen molar-refractivity contribution >= 4 is 56.1 Å². The zero-order chi connectivity index (χ0) is 10.4. The molecule has 1 heterocycles. The maximum atomic E-state index is 6.19. The van der Waals surface area contributed by atoms with Crippen LogP contribution in [0.2, 0.25) is 5.02 Å². The van der Waals surface area contributed by atoms with Crippen molar-refractivity contribution in [3.63, 3.8) is 0 Å². The molecule has 0 atom stereocenters. The van der Waals surface area contributed by atoms with E-state index in [0.717, 1.165) is 30.5 Å². The maximum Gasteiger partial charge on any atom is 0.136 e. The Morgan fingerprint density at radius 2 is 1.60 bits per heavy atom. The summed E-state index contributed by atoms with van der Waals surface area (Å²) in [5.41, 5.74) is 1.74. The van der Waals surface area contributed by atoms with Crippen molar-refractivity contribution in [2.75, 3.05) is 0 Å². The summed E-state index contributed by atoms with van der Waals surface area (Å²) in [5, 5.41) is 2.87. The molecule has 3 rings (SSSR count). The molecule has 0 unspecified atom stereocenters. The Balaban J connectivity index is 2.67. The van der Waals surface area contributed by atoms with Gasteiger partial charge in [0.25, 0.3) is 0 Å². The van der Waals surface area contributed by atoms with Crippen molar-refractivity contribution in [3.05, 3.63) is 45.0 Å². The third kappa shape index (κ3) is 1.35. The first-order valence-corrected chi connectivity index (χ1v) is 5.98. The second kappa shape index (κ2) is 3.39. The molecule has 3 aromatic rings. The second-order valence-corrected chi connectivity index (χ2v) is 4.90. The Bertz CT molecular complexity index is 601. The molecule has 0 fully saturated rings. The highest BCUT2D eigenvalue weighted by molar-refractivity contribution is 14.1. The van der Waals surface area contributed by atoms with Crippen molar-refractivity contribution in [1.29, 1.82) is 0 Å². The molecule has 2 aromatic carbocycles. The van der Waals surface area contributed by atoms with Gasteiger partial charge in [0.2, 0.25) is 0 Å². The van der Waals surface area contributed by atoms with Gasteiger partial charge < -0.3 is 4.42 Å². The maximum absolute atomic E-state index is 6.19. The van der Waals surface area contributed by atoms with Gasteiger partial charge in [0, 0.05) is 14.3 Å². The summed E-state index contributed by atoms with van der Waals surface area (Å²) in [6, 6.07) is 11.7. The lowest BCUT2D eigenvalue weighted by atomic mass is 10.1. The molecule has 15 heavy (non-hydrogen) atoms. The fourth-order valence-corrected chi connectivity index (χ4v) is 2.79. The van der Waals surface area contributed by atoms with Crippen LogP contribution < -0.4 is 0 Å². The fraction of sp³-hybridized carbons (Fsp3) is 0. The van der Waals surface area contributed by atoms with Crippen LogP contribution in [0.5, 0.6) is 0 Å². The largest absolute Gasteiger partial charge is 0.456 e. The minimum atomic E-state index is 0.746. The molecule has 0 saturated carbocycles. The zero-order valence-corrected chi connectivity index (χ0v) is 10.5. The van der Waals surface area contributed by atoms with Crippen LogP contribution in [0.4, 0.5) is 0 Å². The molecule has 0 aliphatic carbocycles. The Hall–Kier alpha value is -0.740. The van der Waals surface area contributed by atoms with E-state index in [4.69, 9.17) is 16.0 Å². The van der Waals surface area contributed by atoms with Crippen LogP contribution in [-0.4, -0.2) is 0 Å². The molecule has 0 aliphatic heterocycles. The van der Waals surface area contributed by atoms with Crippen molar-refractivity contribution < 1.29 is 4.42 Å². The van der Waals surface area contributed by atoms with E-state index in [0.29, 0.717) is 0 Å². The number of rotatable bonds is 0. The minimum Gasteiger partial charge on any atom is -0.456 e. The van der Waals surface area contributed by atoms with Crippen LogP contribution in [0.15, 0.2) is 40.8 Å². The molecule has 1 nitrogen and oxygen atoms in total. The Labute approximate surface area is 105 Å². The van der Waals surface area contributed by atoms with Gasteiger partial charge in [-0.05, 0) is 46.9 Å². The summed E-state index contributed by atoms with van der Waals surface area (Å²) < 4.78 is 6.89. The predicted molar refractivity (Wildman–Crippen MR) is 71.4 cm³/mol. The summed E-state index contributed by atoms with van der Waals surface area (Å²) in [6.07, 6.45) is 0. The molecule has 0 spiro atoms. The van der Waals surface area contributed by atoms with Crippen molar-refractivity contribution in [2.24, 2.45) is 0 Å². The van der Waals surface area contributed by atoms with Gasteiger partial charge in [-0.25, -0.2) is 0 Å². The second-order valence-electron chi connectivity index (χ2n) is 3.33. The molecular formula is C12H6ClIO. The van der Waals surface area contributed by atoms with E-state index >= 15 is 0 Å². The van der Waals surface area contributed by atoms with Crippen LogP contribution in [-0.2, 0) is 0 Å². The number of halogens is 2. The van der Waals surface area contributed by atoms with E-state index in [1.54, 1.807) is 0 Å². The number of hydrogen-bond donors (Lipinski definition) is 0. The van der Waals surface area contributed by atoms with Gasteiger partial charge in [0.1, 0.15) is 11.2 Å². The van der Waals surface area contributed by atoms with Crippen LogP contribution >= 0.6 is 34.2 Å². The highest BCUT2D eigenvalue weighted by atomic mass is 127. The predicted octanol–water partition coefficient (Wildman–Crippen LogP) is 4.84. The van der Waals surface area contributed by atoms with Crippen molar-refractivity contribution in [3.8, 4) is 0 Å². The third-order valence-electron chi connectivity index (χ3n) is 2.42. The monoisotopic (exact) mass is 328 g/mol. The number of fused-ring (bicyclic) bond motifs is 3. The Morgan fingerprint density at radius 1 is 0.933 bits per heavy atom. The van der Waals surface area contributed by atoms with Gasteiger partial charge in [-0.2, -0.15) is 0 Å². The highest BCUT2D eigenvalue weighted by Gasteiger charge is 2.11. The highest BCUT2D eigenvalue weighted by Crippen LogP contribution is 2.36. The molecular weight excluding hydrogens is 322 g/mol. The zero-order valence-electron chi connectivity index (χ0n) is 7.63. The third-order valence-corrected chi connectivity index (χ3v) is 3.63. The fourth-order valence-electron chi connectivity index (χ4n) is 1.78. The van der Waals surface area contributed by atoms with E-state index in [1.165, 1.54) is 0 Å². The van der Waals surface area contributed by atoms with Gasteiger partial charge in [-0.3, -0.25) is 0 Å². The summed E-state index contributed by atoms with van der Waals surface area (Å²) in [6.45, 7) is 0. The van der Waals surface area contributed by atoms with E-state index in [-0.39, 0.29) is 0 Å². The van der Waals surface area contributed by atoms with Gasteiger partial charge in [0.05, 0.1) is 5.02 Å². The SMILES string of the molecule is Clc1cccc2oc3cccc(I)c3c12. The molecule has 74 valence electrons. The molecule has 0 amide bonds. The Kier molecular flexibility index (Phi) is 2.14.